The zero-order valence-electron chi connectivity index (χ0n) is 43.8. The summed E-state index contributed by atoms with van der Waals surface area (Å²) in [5.41, 5.74) is 0. The van der Waals surface area contributed by atoms with Crippen molar-refractivity contribution in [1.82, 2.24) is 0 Å². The number of unbranched alkanes of at least 4 members (excludes halogenated alkanes) is 40. The van der Waals surface area contributed by atoms with Crippen molar-refractivity contribution in [2.75, 3.05) is 13.2 Å². The van der Waals surface area contributed by atoms with Gasteiger partial charge in [0.2, 0.25) is 0 Å². The third kappa shape index (κ3) is 51.4. The third-order valence-corrected chi connectivity index (χ3v) is 13.3. The molecule has 1 atom stereocenters. The maximum absolute atomic E-state index is 12.8. The Labute approximate surface area is 399 Å². The van der Waals surface area contributed by atoms with Crippen molar-refractivity contribution in [2.24, 2.45) is 5.92 Å². The van der Waals surface area contributed by atoms with E-state index in [1.54, 1.807) is 0 Å². The second-order valence-corrected chi connectivity index (χ2v) is 20.4. The number of esters is 3. The van der Waals surface area contributed by atoms with Crippen LogP contribution < -0.4 is 0 Å². The van der Waals surface area contributed by atoms with Crippen LogP contribution in [0.3, 0.4) is 0 Å². The second kappa shape index (κ2) is 52.4. The Hall–Kier alpha value is -1.59. The normalized spacial score (nSPS) is 12.0. The first kappa shape index (κ1) is 62.4. The van der Waals surface area contributed by atoms with Gasteiger partial charge in [-0.15, -0.1) is 0 Å². The van der Waals surface area contributed by atoms with Gasteiger partial charge in [0.1, 0.15) is 13.2 Å². The van der Waals surface area contributed by atoms with E-state index >= 15 is 0 Å². The maximum Gasteiger partial charge on any atom is 0.306 e. The molecule has 0 aromatic heterocycles. The highest BCUT2D eigenvalue weighted by Gasteiger charge is 2.19. The largest absolute Gasteiger partial charge is 0.462 e. The first-order valence-corrected chi connectivity index (χ1v) is 28.9. The van der Waals surface area contributed by atoms with Crippen LogP contribution in [0.15, 0.2) is 0 Å². The van der Waals surface area contributed by atoms with E-state index in [-0.39, 0.29) is 31.1 Å². The Bertz CT molecular complexity index is 964. The average molecular weight is 906 g/mol. The van der Waals surface area contributed by atoms with E-state index in [1.807, 2.05) is 0 Å². The summed E-state index contributed by atoms with van der Waals surface area (Å²) < 4.78 is 16.9. The van der Waals surface area contributed by atoms with Crippen molar-refractivity contribution < 1.29 is 28.6 Å². The molecule has 0 fully saturated rings. The molecule has 0 bridgehead atoms. The molecule has 0 amide bonds. The van der Waals surface area contributed by atoms with Crippen LogP contribution in [-0.2, 0) is 28.6 Å². The summed E-state index contributed by atoms with van der Waals surface area (Å²) >= 11 is 0. The fraction of sp³-hybridized carbons (Fsp3) is 0.948. The fourth-order valence-corrected chi connectivity index (χ4v) is 8.92. The zero-order valence-corrected chi connectivity index (χ0v) is 43.8. The lowest BCUT2D eigenvalue weighted by atomic mass is 10.0. The summed E-state index contributed by atoms with van der Waals surface area (Å²) in [4.78, 5) is 38.0. The molecular weight excluding hydrogens is 793 g/mol. The molecule has 0 rings (SSSR count). The van der Waals surface area contributed by atoms with Gasteiger partial charge in [-0.2, -0.15) is 0 Å². The molecule has 0 N–H and O–H groups in total. The van der Waals surface area contributed by atoms with Crippen LogP contribution in [0.25, 0.3) is 0 Å². The Morgan fingerprint density at radius 2 is 0.516 bits per heavy atom. The van der Waals surface area contributed by atoms with Crippen molar-refractivity contribution in [3.05, 3.63) is 0 Å². The third-order valence-electron chi connectivity index (χ3n) is 13.3. The van der Waals surface area contributed by atoms with Gasteiger partial charge in [-0.3, -0.25) is 14.4 Å². The Kier molecular flexibility index (Phi) is 51.1. The Balaban J connectivity index is 4.20. The number of ether oxygens (including phenoxy) is 3. The molecule has 0 saturated carbocycles. The van der Waals surface area contributed by atoms with Gasteiger partial charge in [0, 0.05) is 19.3 Å². The van der Waals surface area contributed by atoms with Crippen LogP contribution in [0.1, 0.15) is 329 Å². The molecule has 0 aromatic carbocycles. The van der Waals surface area contributed by atoms with Gasteiger partial charge >= 0.3 is 17.9 Å². The lowest BCUT2D eigenvalue weighted by molar-refractivity contribution is -0.167. The number of carbonyl (C=O) groups is 3. The van der Waals surface area contributed by atoms with Crippen molar-refractivity contribution in [3.63, 3.8) is 0 Å². The monoisotopic (exact) mass is 905 g/mol. The number of hydrogen-bond acceptors (Lipinski definition) is 6. The van der Waals surface area contributed by atoms with E-state index in [0.29, 0.717) is 19.3 Å². The van der Waals surface area contributed by atoms with Gasteiger partial charge in [-0.1, -0.05) is 291 Å². The highest BCUT2D eigenvalue weighted by molar-refractivity contribution is 5.71. The molecule has 0 saturated heterocycles. The smallest absolute Gasteiger partial charge is 0.306 e. The van der Waals surface area contributed by atoms with Crippen LogP contribution in [-0.4, -0.2) is 37.2 Å². The molecule has 6 heteroatoms. The average Bonchev–Trinajstić information content (AvgIpc) is 3.28. The second-order valence-electron chi connectivity index (χ2n) is 20.4. The van der Waals surface area contributed by atoms with Crippen LogP contribution >= 0.6 is 0 Å². The highest BCUT2D eigenvalue weighted by atomic mass is 16.6. The summed E-state index contributed by atoms with van der Waals surface area (Å²) in [7, 11) is 0. The molecule has 0 aliphatic rings. The topological polar surface area (TPSA) is 78.9 Å². The molecule has 0 aromatic rings. The van der Waals surface area contributed by atoms with Crippen LogP contribution in [0, 0.1) is 5.92 Å². The predicted molar refractivity (Wildman–Crippen MR) is 275 cm³/mol. The molecule has 64 heavy (non-hydrogen) atoms. The van der Waals surface area contributed by atoms with E-state index < -0.39 is 6.10 Å². The summed E-state index contributed by atoms with van der Waals surface area (Å²) in [6.45, 7) is 9.06. The van der Waals surface area contributed by atoms with Crippen LogP contribution in [0.4, 0.5) is 0 Å². The van der Waals surface area contributed by atoms with Gasteiger partial charge in [-0.25, -0.2) is 0 Å². The predicted octanol–water partition coefficient (Wildman–Crippen LogP) is 19.0. The molecule has 6 nitrogen and oxygen atoms in total. The highest BCUT2D eigenvalue weighted by Crippen LogP contribution is 2.18. The number of carbonyl (C=O) groups excluding carboxylic acids is 3. The number of rotatable bonds is 53. The number of hydrogen-bond donors (Lipinski definition) is 0. The fourth-order valence-electron chi connectivity index (χ4n) is 8.92. The quantitative estimate of drug-likeness (QED) is 0.0344. The van der Waals surface area contributed by atoms with E-state index in [1.165, 1.54) is 225 Å². The molecule has 0 aliphatic heterocycles. The molecule has 0 heterocycles. The minimum absolute atomic E-state index is 0.0619. The lowest BCUT2D eigenvalue weighted by Gasteiger charge is -2.18. The minimum Gasteiger partial charge on any atom is -0.462 e. The van der Waals surface area contributed by atoms with E-state index in [4.69, 9.17) is 14.2 Å². The molecule has 0 spiro atoms. The van der Waals surface area contributed by atoms with E-state index in [0.717, 1.165) is 63.7 Å². The van der Waals surface area contributed by atoms with Crippen molar-refractivity contribution in [2.45, 2.75) is 336 Å². The summed E-state index contributed by atoms with van der Waals surface area (Å²) in [6, 6.07) is 0. The zero-order chi connectivity index (χ0) is 46.7. The molecule has 0 radical (unpaired) electrons. The minimum atomic E-state index is -0.761. The van der Waals surface area contributed by atoms with Crippen molar-refractivity contribution in [3.8, 4) is 0 Å². The first-order chi connectivity index (χ1) is 31.4. The summed E-state index contributed by atoms with van der Waals surface area (Å²) in [5, 5.41) is 0. The Morgan fingerprint density at radius 1 is 0.297 bits per heavy atom. The Morgan fingerprint density at radius 3 is 0.766 bits per heavy atom. The van der Waals surface area contributed by atoms with Crippen LogP contribution in [0.5, 0.6) is 0 Å². The molecule has 0 unspecified atom stereocenters. The lowest BCUT2D eigenvalue weighted by Crippen LogP contribution is -2.30. The first-order valence-electron chi connectivity index (χ1n) is 28.9. The standard InChI is InChI=1S/C58H112O6/c1-5-7-9-11-13-15-17-18-23-28-31-35-39-43-47-51-58(61)64-55(52-62-56(59)49-45-41-37-33-16-14-12-10-8-6-2)53-63-57(60)50-46-42-38-34-30-27-25-22-20-19-21-24-26-29-32-36-40-44-48-54(3)4/h54-55H,5-53H2,1-4H3/t55-/m0/s1. The molecule has 380 valence electrons. The van der Waals surface area contributed by atoms with E-state index in [2.05, 4.69) is 27.7 Å². The van der Waals surface area contributed by atoms with Crippen LogP contribution in [0.2, 0.25) is 0 Å². The van der Waals surface area contributed by atoms with Gasteiger partial charge in [0.05, 0.1) is 0 Å². The SMILES string of the molecule is CCCCCCCCCCCCCCCCCC(=O)O[C@@H](COC(=O)CCCCCCCCCCCC)COC(=O)CCCCCCCCCCCCCCCCCCCCC(C)C. The molecular formula is C58H112O6. The van der Waals surface area contributed by atoms with Gasteiger partial charge in [0.25, 0.3) is 0 Å². The van der Waals surface area contributed by atoms with Crippen molar-refractivity contribution >= 4 is 17.9 Å². The van der Waals surface area contributed by atoms with E-state index in [9.17, 15) is 14.4 Å². The van der Waals surface area contributed by atoms with Crippen molar-refractivity contribution in [1.29, 1.82) is 0 Å². The van der Waals surface area contributed by atoms with Gasteiger partial charge < -0.3 is 14.2 Å². The maximum atomic E-state index is 12.8. The van der Waals surface area contributed by atoms with Gasteiger partial charge in [-0.05, 0) is 25.2 Å². The van der Waals surface area contributed by atoms with Gasteiger partial charge in [0.15, 0.2) is 6.10 Å². The molecule has 0 aliphatic carbocycles. The summed E-state index contributed by atoms with van der Waals surface area (Å²) in [6.07, 6.45) is 56.7. The summed E-state index contributed by atoms with van der Waals surface area (Å²) in [5.74, 6) is 0.0216.